The fourth-order valence-corrected chi connectivity index (χ4v) is 5.05. The quantitative estimate of drug-likeness (QED) is 0.240. The predicted octanol–water partition coefficient (Wildman–Crippen LogP) is 6.50. The van der Waals surface area contributed by atoms with Gasteiger partial charge in [-0.3, -0.25) is 9.59 Å². The van der Waals surface area contributed by atoms with Crippen LogP contribution >= 0.6 is 46.4 Å². The molecule has 0 saturated heterocycles. The first-order chi connectivity index (χ1) is 16.9. The maximum Gasteiger partial charge on any atom is 0.257 e. The summed E-state index contributed by atoms with van der Waals surface area (Å²) in [7, 11) is 0. The second-order valence-corrected chi connectivity index (χ2v) is 10.3. The summed E-state index contributed by atoms with van der Waals surface area (Å²) in [6.45, 7) is 0. The molecule has 0 aliphatic heterocycles. The molecule has 1 saturated carbocycles. The third-order valence-corrected chi connectivity index (χ3v) is 7.09. The molecule has 1 fully saturated rings. The van der Waals surface area contributed by atoms with Crippen molar-refractivity contribution in [3.8, 4) is 6.07 Å². The predicted molar refractivity (Wildman–Crippen MR) is 136 cm³/mol. The van der Waals surface area contributed by atoms with Crippen molar-refractivity contribution in [1.29, 1.82) is 5.26 Å². The summed E-state index contributed by atoms with van der Waals surface area (Å²) in [6.07, 6.45) is 0. The van der Waals surface area contributed by atoms with Crippen molar-refractivity contribution in [2.75, 3.05) is 16.4 Å². The summed E-state index contributed by atoms with van der Waals surface area (Å²) in [5.41, 5.74) is 5.14. The summed E-state index contributed by atoms with van der Waals surface area (Å²) >= 11 is 24.9. The molecule has 1 aliphatic carbocycles. The van der Waals surface area contributed by atoms with Gasteiger partial charge in [-0.25, -0.2) is 8.78 Å². The molecule has 12 heteroatoms. The number of benzene rings is 3. The number of alkyl halides is 2. The fourth-order valence-electron chi connectivity index (χ4n) is 3.78. The topological polar surface area (TPSA) is 108 Å². The van der Waals surface area contributed by atoms with Crippen LogP contribution in [-0.4, -0.2) is 16.1 Å². The first-order valence-electron chi connectivity index (χ1n) is 10.2. The van der Waals surface area contributed by atoms with Crippen LogP contribution in [0.2, 0.25) is 10.0 Å². The number of amides is 2. The van der Waals surface area contributed by atoms with Crippen LogP contribution in [0.25, 0.3) is 0 Å². The summed E-state index contributed by atoms with van der Waals surface area (Å²) in [6, 6.07) is 12.6. The molecule has 3 aromatic rings. The Morgan fingerprint density at radius 3 is 2.44 bits per heavy atom. The van der Waals surface area contributed by atoms with E-state index in [4.69, 9.17) is 52.1 Å². The van der Waals surface area contributed by atoms with E-state index in [-0.39, 0.29) is 22.0 Å². The number of halogens is 6. The minimum atomic E-state index is -1.45. The molecule has 6 nitrogen and oxygen atoms in total. The molecule has 2 atom stereocenters. The smallest absolute Gasteiger partial charge is 0.257 e. The SMILES string of the molecule is N#Cc1cc(Cl)cc([C@@H]2[C@@H](C(=O)Nc3ccc(Cl)c(C(=O)Nc4ccc(F)c(N)c4F)c3)C2(Cl)Cl)c1. The zero-order valence-corrected chi connectivity index (χ0v) is 20.9. The first-order valence-corrected chi connectivity index (χ1v) is 11.7. The molecule has 0 unspecified atom stereocenters. The number of nitriles is 1. The summed E-state index contributed by atoms with van der Waals surface area (Å²) in [5, 5.41) is 14.4. The average Bonchev–Trinajstić information content (AvgIpc) is 3.42. The molecule has 4 rings (SSSR count). The lowest BCUT2D eigenvalue weighted by Crippen LogP contribution is -2.18. The van der Waals surface area contributed by atoms with Gasteiger partial charge in [-0.15, -0.1) is 23.2 Å². The third-order valence-electron chi connectivity index (χ3n) is 5.60. The highest BCUT2D eigenvalue weighted by Gasteiger charge is 2.67. The molecular weight excluding hydrogens is 556 g/mol. The van der Waals surface area contributed by atoms with Crippen molar-refractivity contribution >= 4 is 75.3 Å². The number of anilines is 3. The van der Waals surface area contributed by atoms with E-state index in [1.165, 1.54) is 24.3 Å². The highest BCUT2D eigenvalue weighted by atomic mass is 35.5. The number of hydrogen-bond acceptors (Lipinski definition) is 4. The summed E-state index contributed by atoms with van der Waals surface area (Å²) in [4.78, 5) is 25.7. The second kappa shape index (κ2) is 9.75. The Balaban J connectivity index is 1.53. The number of nitrogen functional groups attached to an aromatic ring is 1. The molecule has 0 radical (unpaired) electrons. The van der Waals surface area contributed by atoms with Crippen LogP contribution in [0.5, 0.6) is 0 Å². The monoisotopic (exact) mass is 568 g/mol. The Labute approximate surface area is 223 Å². The normalized spacial score (nSPS) is 17.7. The molecule has 36 heavy (non-hydrogen) atoms. The largest absolute Gasteiger partial charge is 0.394 e. The van der Waals surface area contributed by atoms with Gasteiger partial charge in [-0.1, -0.05) is 23.2 Å². The van der Waals surface area contributed by atoms with Gasteiger partial charge in [0.15, 0.2) is 5.82 Å². The van der Waals surface area contributed by atoms with Crippen LogP contribution in [-0.2, 0) is 4.79 Å². The van der Waals surface area contributed by atoms with Crippen molar-refractivity contribution < 1.29 is 18.4 Å². The van der Waals surface area contributed by atoms with Crippen LogP contribution in [0.15, 0.2) is 48.5 Å². The maximum absolute atomic E-state index is 14.2. The zero-order chi connectivity index (χ0) is 26.4. The molecule has 0 bridgehead atoms. The second-order valence-electron chi connectivity index (χ2n) is 7.98. The molecule has 3 aromatic carbocycles. The molecule has 1 aliphatic rings. The Morgan fingerprint density at radius 2 is 1.75 bits per heavy atom. The molecule has 0 heterocycles. The lowest BCUT2D eigenvalue weighted by Gasteiger charge is -2.11. The Hall–Kier alpha value is -3.09. The van der Waals surface area contributed by atoms with Gasteiger partial charge in [0.2, 0.25) is 5.91 Å². The van der Waals surface area contributed by atoms with Gasteiger partial charge in [-0.05, 0) is 54.1 Å². The third kappa shape index (κ3) is 4.93. The van der Waals surface area contributed by atoms with E-state index in [1.54, 1.807) is 12.1 Å². The van der Waals surface area contributed by atoms with Gasteiger partial charge in [0.1, 0.15) is 15.8 Å². The number of nitrogens with two attached hydrogens (primary N) is 1. The van der Waals surface area contributed by atoms with Crippen LogP contribution < -0.4 is 16.4 Å². The van der Waals surface area contributed by atoms with E-state index in [9.17, 15) is 23.6 Å². The maximum atomic E-state index is 14.2. The van der Waals surface area contributed by atoms with E-state index in [0.717, 1.165) is 12.1 Å². The molecule has 0 spiro atoms. The molecular formula is C24H14Cl4F2N4O2. The van der Waals surface area contributed by atoms with Gasteiger partial charge < -0.3 is 16.4 Å². The van der Waals surface area contributed by atoms with Crippen molar-refractivity contribution in [3.63, 3.8) is 0 Å². The first kappa shape index (κ1) is 26.0. The van der Waals surface area contributed by atoms with Gasteiger partial charge in [-0.2, -0.15) is 5.26 Å². The summed E-state index contributed by atoms with van der Waals surface area (Å²) in [5.74, 6) is -4.98. The fraction of sp³-hybridized carbons (Fsp3) is 0.125. The van der Waals surface area contributed by atoms with Gasteiger partial charge in [0, 0.05) is 16.6 Å². The van der Waals surface area contributed by atoms with Crippen LogP contribution in [0.3, 0.4) is 0 Å². The van der Waals surface area contributed by atoms with E-state index in [2.05, 4.69) is 10.6 Å². The van der Waals surface area contributed by atoms with Gasteiger partial charge in [0.05, 0.1) is 33.8 Å². The van der Waals surface area contributed by atoms with Crippen LogP contribution in [0.1, 0.15) is 27.4 Å². The number of nitrogens with one attached hydrogen (secondary N) is 2. The van der Waals surface area contributed by atoms with E-state index < -0.39 is 45.3 Å². The molecule has 0 aromatic heterocycles. The number of carbonyl (C=O) groups is 2. The standard InChI is InChI=1S/C24H14Cl4F2N4O2/c25-12-6-10(9-31)5-11(7-12)18-19(24(18,27)28)23(36)33-13-1-2-15(26)14(8-13)22(35)34-17-4-3-16(29)21(32)20(17)30/h1-8,18-19H,32H2,(H,33,36)(H,34,35)/t18-,19+/m1/s1. The highest BCUT2D eigenvalue weighted by Crippen LogP contribution is 2.65. The van der Waals surface area contributed by atoms with Crippen molar-refractivity contribution in [2.45, 2.75) is 10.3 Å². The van der Waals surface area contributed by atoms with Crippen LogP contribution in [0, 0.1) is 28.9 Å². The molecule has 2 amide bonds. The van der Waals surface area contributed by atoms with E-state index >= 15 is 0 Å². The minimum Gasteiger partial charge on any atom is -0.394 e. The average molecular weight is 570 g/mol. The van der Waals surface area contributed by atoms with Gasteiger partial charge >= 0.3 is 0 Å². The number of carbonyl (C=O) groups excluding carboxylic acids is 2. The van der Waals surface area contributed by atoms with Crippen molar-refractivity contribution in [3.05, 3.63) is 86.9 Å². The molecule has 184 valence electrons. The lowest BCUT2D eigenvalue weighted by atomic mass is 10.1. The van der Waals surface area contributed by atoms with Crippen LogP contribution in [0.4, 0.5) is 25.8 Å². The van der Waals surface area contributed by atoms with Crippen molar-refractivity contribution in [2.24, 2.45) is 5.92 Å². The Bertz CT molecular complexity index is 1460. The lowest BCUT2D eigenvalue weighted by molar-refractivity contribution is -0.117. The van der Waals surface area contributed by atoms with Gasteiger partial charge in [0.25, 0.3) is 5.91 Å². The highest BCUT2D eigenvalue weighted by molar-refractivity contribution is 6.53. The zero-order valence-electron chi connectivity index (χ0n) is 17.9. The van der Waals surface area contributed by atoms with E-state index in [0.29, 0.717) is 16.1 Å². The minimum absolute atomic E-state index is 0.0114. The summed E-state index contributed by atoms with van der Waals surface area (Å²) < 4.78 is 26.1. The Morgan fingerprint density at radius 1 is 1.03 bits per heavy atom. The van der Waals surface area contributed by atoms with E-state index in [1.807, 2.05) is 6.07 Å². The molecule has 4 N–H and O–H groups in total. The van der Waals surface area contributed by atoms with Crippen molar-refractivity contribution in [1.82, 2.24) is 0 Å². The number of nitrogens with zero attached hydrogens (tertiary/aromatic N) is 1. The Kier molecular flexibility index (Phi) is 7.04. The number of hydrogen-bond donors (Lipinski definition) is 3. The number of rotatable bonds is 5.